The standard InChI is InChI=1S/C22H15Cl2NO4S/c1-30(27,28)15-4-2-3-12(9-15)13-5-7-17-19(10-13)29-22(20(17)25)21(26)16-8-6-14(23)11-18(16)24/h2-11H,25H2,1H3. The lowest BCUT2D eigenvalue weighted by atomic mass is 10.0. The van der Waals surface area contributed by atoms with E-state index in [1.165, 1.54) is 18.2 Å². The number of hydrogen-bond donors (Lipinski definition) is 1. The van der Waals surface area contributed by atoms with Crippen molar-refractivity contribution in [1.29, 1.82) is 0 Å². The maximum absolute atomic E-state index is 12.9. The molecular formula is C22H15Cl2NO4S. The van der Waals surface area contributed by atoms with Crippen LogP contribution in [0.1, 0.15) is 16.1 Å². The minimum atomic E-state index is -3.34. The fourth-order valence-corrected chi connectivity index (χ4v) is 4.33. The molecule has 0 saturated heterocycles. The lowest BCUT2D eigenvalue weighted by molar-refractivity contribution is 0.101. The monoisotopic (exact) mass is 459 g/mol. The molecule has 4 aromatic rings. The number of anilines is 1. The van der Waals surface area contributed by atoms with E-state index in [1.54, 1.807) is 42.5 Å². The maximum atomic E-state index is 12.9. The maximum Gasteiger partial charge on any atom is 0.231 e. The molecular weight excluding hydrogens is 445 g/mol. The Hall–Kier alpha value is -2.80. The molecule has 0 radical (unpaired) electrons. The summed E-state index contributed by atoms with van der Waals surface area (Å²) in [4.78, 5) is 13.1. The number of fused-ring (bicyclic) bond motifs is 1. The second kappa shape index (κ2) is 7.47. The topological polar surface area (TPSA) is 90.4 Å². The Kier molecular flexibility index (Phi) is 5.10. The van der Waals surface area contributed by atoms with E-state index in [-0.39, 0.29) is 26.9 Å². The predicted molar refractivity (Wildman–Crippen MR) is 119 cm³/mol. The zero-order valence-corrected chi connectivity index (χ0v) is 18.0. The molecule has 0 amide bonds. The normalized spacial score (nSPS) is 11.7. The summed E-state index contributed by atoms with van der Waals surface area (Å²) in [5, 5.41) is 1.19. The minimum Gasteiger partial charge on any atom is -0.450 e. The predicted octanol–water partition coefficient (Wildman–Crippen LogP) is 5.62. The first-order chi connectivity index (χ1) is 14.1. The molecule has 0 spiro atoms. The molecule has 0 aliphatic heterocycles. The Morgan fingerprint density at radius 3 is 2.40 bits per heavy atom. The number of rotatable bonds is 4. The molecule has 4 rings (SSSR count). The van der Waals surface area contributed by atoms with Crippen LogP contribution in [0.25, 0.3) is 22.1 Å². The fraction of sp³-hybridized carbons (Fsp3) is 0.0455. The van der Waals surface area contributed by atoms with Gasteiger partial charge in [-0.1, -0.05) is 41.4 Å². The summed E-state index contributed by atoms with van der Waals surface area (Å²) in [6.45, 7) is 0. The van der Waals surface area contributed by atoms with Crippen molar-refractivity contribution < 1.29 is 17.6 Å². The van der Waals surface area contributed by atoms with Crippen molar-refractivity contribution in [1.82, 2.24) is 0 Å². The fourth-order valence-electron chi connectivity index (χ4n) is 3.17. The van der Waals surface area contributed by atoms with Gasteiger partial charge in [0, 0.05) is 22.2 Å². The van der Waals surface area contributed by atoms with Crippen LogP contribution in [0.2, 0.25) is 10.0 Å². The summed E-state index contributed by atoms with van der Waals surface area (Å²) in [5.41, 5.74) is 8.43. The SMILES string of the molecule is CS(=O)(=O)c1cccc(-c2ccc3c(N)c(C(=O)c4ccc(Cl)cc4Cl)oc3c2)c1. The van der Waals surface area contributed by atoms with Crippen LogP contribution in [0.4, 0.5) is 5.69 Å². The van der Waals surface area contributed by atoms with Gasteiger partial charge in [0.15, 0.2) is 15.6 Å². The van der Waals surface area contributed by atoms with Crippen LogP contribution in [-0.2, 0) is 9.84 Å². The Bertz CT molecular complexity index is 1420. The Labute approximate surface area is 182 Å². The average molecular weight is 460 g/mol. The summed E-state index contributed by atoms with van der Waals surface area (Å²) in [5.74, 6) is -0.470. The van der Waals surface area contributed by atoms with Gasteiger partial charge in [-0.25, -0.2) is 8.42 Å². The molecule has 0 saturated carbocycles. The molecule has 0 bridgehead atoms. The highest BCUT2D eigenvalue weighted by molar-refractivity contribution is 7.90. The van der Waals surface area contributed by atoms with Gasteiger partial charge in [-0.2, -0.15) is 0 Å². The number of nitrogen functional groups attached to an aromatic ring is 1. The zero-order chi connectivity index (χ0) is 21.6. The lowest BCUT2D eigenvalue weighted by Crippen LogP contribution is -2.03. The third-order valence-electron chi connectivity index (χ3n) is 4.71. The minimum absolute atomic E-state index is 0.0174. The highest BCUT2D eigenvalue weighted by Gasteiger charge is 2.22. The number of carbonyl (C=O) groups is 1. The van der Waals surface area contributed by atoms with Crippen molar-refractivity contribution in [3.05, 3.63) is 82.0 Å². The van der Waals surface area contributed by atoms with Crippen molar-refractivity contribution in [2.75, 3.05) is 12.0 Å². The van der Waals surface area contributed by atoms with Gasteiger partial charge in [-0.3, -0.25) is 4.79 Å². The number of benzene rings is 3. The van der Waals surface area contributed by atoms with Gasteiger partial charge in [0.1, 0.15) is 5.58 Å². The molecule has 3 aromatic carbocycles. The van der Waals surface area contributed by atoms with Crippen molar-refractivity contribution in [2.45, 2.75) is 4.90 Å². The molecule has 30 heavy (non-hydrogen) atoms. The highest BCUT2D eigenvalue weighted by atomic mass is 35.5. The first-order valence-electron chi connectivity index (χ1n) is 8.77. The molecule has 0 aliphatic rings. The molecule has 0 atom stereocenters. The summed E-state index contributed by atoms with van der Waals surface area (Å²) in [7, 11) is -3.34. The number of halogens is 2. The molecule has 5 nitrogen and oxygen atoms in total. The van der Waals surface area contributed by atoms with E-state index < -0.39 is 15.6 Å². The number of ketones is 1. The Morgan fingerprint density at radius 2 is 1.70 bits per heavy atom. The van der Waals surface area contributed by atoms with Gasteiger partial charge >= 0.3 is 0 Å². The van der Waals surface area contributed by atoms with E-state index in [1.807, 2.05) is 0 Å². The second-order valence-electron chi connectivity index (χ2n) is 6.81. The van der Waals surface area contributed by atoms with Crippen LogP contribution >= 0.6 is 23.2 Å². The quantitative estimate of drug-likeness (QED) is 0.399. The number of furan rings is 1. The van der Waals surface area contributed by atoms with E-state index in [9.17, 15) is 13.2 Å². The van der Waals surface area contributed by atoms with Crippen molar-refractivity contribution in [2.24, 2.45) is 0 Å². The van der Waals surface area contributed by atoms with Gasteiger partial charge in [-0.15, -0.1) is 0 Å². The molecule has 0 unspecified atom stereocenters. The number of sulfone groups is 1. The first kappa shape index (κ1) is 20.5. The molecule has 1 aromatic heterocycles. The zero-order valence-electron chi connectivity index (χ0n) is 15.6. The van der Waals surface area contributed by atoms with E-state index in [0.29, 0.717) is 21.6 Å². The third-order valence-corrected chi connectivity index (χ3v) is 6.36. The van der Waals surface area contributed by atoms with Crippen LogP contribution in [0.5, 0.6) is 0 Å². The third kappa shape index (κ3) is 3.69. The molecule has 1 heterocycles. The summed E-state index contributed by atoms with van der Waals surface area (Å²) < 4.78 is 29.5. The van der Waals surface area contributed by atoms with Crippen LogP contribution in [0.3, 0.4) is 0 Å². The van der Waals surface area contributed by atoms with E-state index in [0.717, 1.165) is 11.8 Å². The first-order valence-corrected chi connectivity index (χ1v) is 11.4. The Balaban J connectivity index is 1.80. The molecule has 0 aliphatic carbocycles. The lowest BCUT2D eigenvalue weighted by Gasteiger charge is -2.04. The van der Waals surface area contributed by atoms with Crippen molar-refractivity contribution in [3.8, 4) is 11.1 Å². The second-order valence-corrected chi connectivity index (χ2v) is 9.67. The smallest absolute Gasteiger partial charge is 0.231 e. The van der Waals surface area contributed by atoms with E-state index in [4.69, 9.17) is 33.4 Å². The number of hydrogen-bond acceptors (Lipinski definition) is 5. The number of carbonyl (C=O) groups excluding carboxylic acids is 1. The van der Waals surface area contributed by atoms with Crippen LogP contribution < -0.4 is 5.73 Å². The van der Waals surface area contributed by atoms with Crippen molar-refractivity contribution in [3.63, 3.8) is 0 Å². The van der Waals surface area contributed by atoms with Gasteiger partial charge in [0.25, 0.3) is 0 Å². The van der Waals surface area contributed by atoms with Crippen LogP contribution in [-0.4, -0.2) is 20.5 Å². The molecule has 2 N–H and O–H groups in total. The summed E-state index contributed by atoms with van der Waals surface area (Å²) in [6, 6.07) is 16.4. The molecule has 0 fully saturated rings. The number of nitrogens with two attached hydrogens (primary N) is 1. The summed E-state index contributed by atoms with van der Waals surface area (Å²) in [6.07, 6.45) is 1.16. The molecule has 8 heteroatoms. The van der Waals surface area contributed by atoms with Gasteiger partial charge < -0.3 is 10.2 Å². The van der Waals surface area contributed by atoms with Crippen molar-refractivity contribution >= 4 is 55.5 Å². The molecule has 152 valence electrons. The Morgan fingerprint density at radius 1 is 0.967 bits per heavy atom. The van der Waals surface area contributed by atoms with Gasteiger partial charge in [-0.05, 0) is 53.6 Å². The largest absolute Gasteiger partial charge is 0.450 e. The highest BCUT2D eigenvalue weighted by Crippen LogP contribution is 2.35. The van der Waals surface area contributed by atoms with Gasteiger partial charge in [0.05, 0.1) is 15.6 Å². The summed E-state index contributed by atoms with van der Waals surface area (Å²) >= 11 is 12.0. The van der Waals surface area contributed by atoms with Crippen LogP contribution in [0, 0.1) is 0 Å². The van der Waals surface area contributed by atoms with Gasteiger partial charge in [0.2, 0.25) is 5.78 Å². The van der Waals surface area contributed by atoms with Crippen LogP contribution in [0.15, 0.2) is 70.0 Å². The van der Waals surface area contributed by atoms with E-state index >= 15 is 0 Å². The van der Waals surface area contributed by atoms with E-state index in [2.05, 4.69) is 0 Å². The average Bonchev–Trinajstić information content (AvgIpc) is 3.03.